The van der Waals surface area contributed by atoms with E-state index in [1.54, 1.807) is 0 Å². The fraction of sp³-hybridized carbons (Fsp3) is 0.923. The normalized spacial score (nSPS) is 24.4. The van der Waals surface area contributed by atoms with Gasteiger partial charge < -0.3 is 4.74 Å². The summed E-state index contributed by atoms with van der Waals surface area (Å²) in [6.07, 6.45) is 1.75. The first-order valence-electron chi connectivity index (χ1n) is 6.15. The summed E-state index contributed by atoms with van der Waals surface area (Å²) >= 11 is 0. The Balaban J connectivity index is 2.44. The number of hydrogen-bond acceptors (Lipinski definition) is 3. The topological polar surface area (TPSA) is 29.5 Å². The standard InChI is InChI=1S/C13H25NO2/c1-10(8-12(15)16-5)14-7-6-11(9-14)13(2,3)4/h10-11H,6-9H2,1-5H3. The molecule has 1 aliphatic heterocycles. The molecule has 0 amide bonds. The maximum Gasteiger partial charge on any atom is 0.307 e. The van der Waals surface area contributed by atoms with Crippen LogP contribution in [0.2, 0.25) is 0 Å². The number of methoxy groups -OCH3 is 1. The molecule has 2 atom stereocenters. The zero-order chi connectivity index (χ0) is 12.3. The lowest BCUT2D eigenvalue weighted by molar-refractivity contribution is -0.141. The van der Waals surface area contributed by atoms with Gasteiger partial charge in [-0.25, -0.2) is 0 Å². The van der Waals surface area contributed by atoms with Crippen molar-refractivity contribution in [1.29, 1.82) is 0 Å². The first-order chi connectivity index (χ1) is 7.34. The molecule has 16 heavy (non-hydrogen) atoms. The number of ether oxygens (including phenoxy) is 1. The molecular formula is C13H25NO2. The minimum atomic E-state index is -0.105. The van der Waals surface area contributed by atoms with Gasteiger partial charge in [0, 0.05) is 12.6 Å². The first-order valence-corrected chi connectivity index (χ1v) is 6.15. The van der Waals surface area contributed by atoms with Gasteiger partial charge in [0.2, 0.25) is 0 Å². The summed E-state index contributed by atoms with van der Waals surface area (Å²) in [7, 11) is 1.46. The van der Waals surface area contributed by atoms with Gasteiger partial charge in [-0.2, -0.15) is 0 Å². The molecule has 0 aromatic carbocycles. The van der Waals surface area contributed by atoms with Crippen LogP contribution < -0.4 is 0 Å². The Morgan fingerprint density at radius 2 is 2.12 bits per heavy atom. The third-order valence-electron chi connectivity index (χ3n) is 3.76. The highest BCUT2D eigenvalue weighted by atomic mass is 16.5. The van der Waals surface area contributed by atoms with Crippen LogP contribution >= 0.6 is 0 Å². The smallest absolute Gasteiger partial charge is 0.307 e. The fourth-order valence-corrected chi connectivity index (χ4v) is 2.35. The van der Waals surface area contributed by atoms with Crippen molar-refractivity contribution in [3.8, 4) is 0 Å². The largest absolute Gasteiger partial charge is 0.469 e. The Kier molecular flexibility index (Phi) is 4.36. The molecule has 1 aliphatic rings. The van der Waals surface area contributed by atoms with Crippen molar-refractivity contribution >= 4 is 5.97 Å². The van der Waals surface area contributed by atoms with Gasteiger partial charge in [-0.3, -0.25) is 9.69 Å². The van der Waals surface area contributed by atoms with Crippen molar-refractivity contribution in [2.24, 2.45) is 11.3 Å². The second kappa shape index (κ2) is 5.17. The van der Waals surface area contributed by atoms with E-state index >= 15 is 0 Å². The van der Waals surface area contributed by atoms with E-state index in [0.717, 1.165) is 19.0 Å². The van der Waals surface area contributed by atoms with Crippen molar-refractivity contribution in [2.45, 2.75) is 46.6 Å². The molecule has 0 saturated carbocycles. The van der Waals surface area contributed by atoms with Crippen molar-refractivity contribution in [3.05, 3.63) is 0 Å². The molecule has 0 aromatic rings. The van der Waals surface area contributed by atoms with E-state index in [9.17, 15) is 4.79 Å². The van der Waals surface area contributed by atoms with Crippen LogP contribution in [0.4, 0.5) is 0 Å². The molecular weight excluding hydrogens is 202 g/mol. The SMILES string of the molecule is COC(=O)CC(C)N1CCC(C(C)(C)C)C1. The molecule has 3 heteroatoms. The molecule has 1 rings (SSSR count). The predicted octanol–water partition coefficient (Wildman–Crippen LogP) is 2.31. The first kappa shape index (κ1) is 13.5. The fourth-order valence-electron chi connectivity index (χ4n) is 2.35. The Morgan fingerprint density at radius 3 is 2.56 bits per heavy atom. The molecule has 0 radical (unpaired) electrons. The Labute approximate surface area is 99.1 Å². The van der Waals surface area contributed by atoms with Crippen LogP contribution in [0.5, 0.6) is 0 Å². The third kappa shape index (κ3) is 3.48. The van der Waals surface area contributed by atoms with Crippen molar-refractivity contribution in [3.63, 3.8) is 0 Å². The summed E-state index contributed by atoms with van der Waals surface area (Å²) < 4.78 is 4.71. The van der Waals surface area contributed by atoms with E-state index in [1.807, 2.05) is 0 Å². The van der Waals surface area contributed by atoms with Crippen molar-refractivity contribution < 1.29 is 9.53 Å². The molecule has 0 bridgehead atoms. The highest BCUT2D eigenvalue weighted by molar-refractivity contribution is 5.69. The summed E-state index contributed by atoms with van der Waals surface area (Å²) in [5.41, 5.74) is 0.375. The molecule has 3 nitrogen and oxygen atoms in total. The lowest BCUT2D eigenvalue weighted by Gasteiger charge is -2.29. The van der Waals surface area contributed by atoms with Crippen LogP contribution in [0, 0.1) is 11.3 Å². The Hall–Kier alpha value is -0.570. The zero-order valence-electron chi connectivity index (χ0n) is 11.2. The van der Waals surface area contributed by atoms with Gasteiger partial charge in [-0.05, 0) is 31.2 Å². The minimum Gasteiger partial charge on any atom is -0.469 e. The van der Waals surface area contributed by atoms with E-state index in [-0.39, 0.29) is 5.97 Å². The summed E-state index contributed by atoms with van der Waals surface area (Å²) in [6.45, 7) is 11.2. The van der Waals surface area contributed by atoms with Gasteiger partial charge in [0.05, 0.1) is 13.5 Å². The van der Waals surface area contributed by atoms with Gasteiger partial charge in [-0.1, -0.05) is 20.8 Å². The summed E-state index contributed by atoms with van der Waals surface area (Å²) in [4.78, 5) is 13.6. The maximum absolute atomic E-state index is 11.2. The van der Waals surface area contributed by atoms with Crippen LogP contribution in [-0.4, -0.2) is 37.1 Å². The van der Waals surface area contributed by atoms with E-state index in [4.69, 9.17) is 4.74 Å². The van der Waals surface area contributed by atoms with Crippen LogP contribution in [0.1, 0.15) is 40.5 Å². The number of carbonyl (C=O) groups excluding carboxylic acids is 1. The average Bonchev–Trinajstić information content (AvgIpc) is 2.65. The van der Waals surface area contributed by atoms with E-state index in [1.165, 1.54) is 13.5 Å². The van der Waals surface area contributed by atoms with E-state index < -0.39 is 0 Å². The Bertz CT molecular complexity index is 245. The minimum absolute atomic E-state index is 0.105. The molecule has 1 saturated heterocycles. The summed E-state index contributed by atoms with van der Waals surface area (Å²) in [5.74, 6) is 0.638. The van der Waals surface area contributed by atoms with E-state index in [0.29, 0.717) is 17.9 Å². The lowest BCUT2D eigenvalue weighted by Crippen LogP contribution is -2.34. The van der Waals surface area contributed by atoms with Crippen molar-refractivity contribution in [2.75, 3.05) is 20.2 Å². The molecule has 1 heterocycles. The monoisotopic (exact) mass is 227 g/mol. The number of nitrogens with zero attached hydrogens (tertiary/aromatic N) is 1. The lowest BCUT2D eigenvalue weighted by atomic mass is 9.80. The molecule has 2 unspecified atom stereocenters. The number of rotatable bonds is 3. The predicted molar refractivity (Wildman–Crippen MR) is 65.2 cm³/mol. The molecule has 0 N–H and O–H groups in total. The van der Waals surface area contributed by atoms with Crippen LogP contribution in [0.15, 0.2) is 0 Å². The molecule has 0 aliphatic carbocycles. The van der Waals surface area contributed by atoms with Gasteiger partial charge in [0.25, 0.3) is 0 Å². The average molecular weight is 227 g/mol. The van der Waals surface area contributed by atoms with Gasteiger partial charge in [0.1, 0.15) is 0 Å². The summed E-state index contributed by atoms with van der Waals surface area (Å²) in [6, 6.07) is 0.305. The quantitative estimate of drug-likeness (QED) is 0.693. The second-order valence-electron chi connectivity index (χ2n) is 5.98. The highest BCUT2D eigenvalue weighted by Crippen LogP contribution is 2.34. The van der Waals surface area contributed by atoms with Crippen LogP contribution in [0.3, 0.4) is 0 Å². The van der Waals surface area contributed by atoms with Crippen LogP contribution in [0.25, 0.3) is 0 Å². The van der Waals surface area contributed by atoms with Gasteiger partial charge in [0.15, 0.2) is 0 Å². The van der Waals surface area contributed by atoms with E-state index in [2.05, 4.69) is 32.6 Å². The Morgan fingerprint density at radius 1 is 1.50 bits per heavy atom. The molecule has 94 valence electrons. The van der Waals surface area contributed by atoms with Gasteiger partial charge >= 0.3 is 5.97 Å². The second-order valence-corrected chi connectivity index (χ2v) is 5.98. The number of hydrogen-bond donors (Lipinski definition) is 0. The number of likely N-dealkylation sites (tertiary alicyclic amines) is 1. The summed E-state index contributed by atoms with van der Waals surface area (Å²) in [5, 5.41) is 0. The molecule has 0 aromatic heterocycles. The highest BCUT2D eigenvalue weighted by Gasteiger charge is 2.33. The molecule has 1 fully saturated rings. The molecule has 0 spiro atoms. The third-order valence-corrected chi connectivity index (χ3v) is 3.76. The maximum atomic E-state index is 11.2. The van der Waals surface area contributed by atoms with Crippen LogP contribution in [-0.2, 0) is 9.53 Å². The van der Waals surface area contributed by atoms with Gasteiger partial charge in [-0.15, -0.1) is 0 Å². The zero-order valence-corrected chi connectivity index (χ0v) is 11.2. The van der Waals surface area contributed by atoms with Crippen molar-refractivity contribution in [1.82, 2.24) is 4.90 Å². The number of esters is 1. The number of carbonyl (C=O) groups is 1.